The van der Waals surface area contributed by atoms with Gasteiger partial charge in [0.2, 0.25) is 0 Å². The van der Waals surface area contributed by atoms with E-state index in [4.69, 9.17) is 13.9 Å². The summed E-state index contributed by atoms with van der Waals surface area (Å²) in [5.41, 5.74) is 0.739. The molecular weight excluding hydrogens is 476 g/mol. The minimum Gasteiger partial charge on any atom is -0.465 e. The summed E-state index contributed by atoms with van der Waals surface area (Å²) in [6, 6.07) is 0. The molecular formula is C29H46O8. The van der Waals surface area contributed by atoms with Crippen LogP contribution in [0.5, 0.6) is 0 Å². The van der Waals surface area contributed by atoms with Crippen LogP contribution in [0.2, 0.25) is 0 Å². The van der Waals surface area contributed by atoms with E-state index in [2.05, 4.69) is 0 Å². The number of carbonyl (C=O) groups excluding carboxylic acids is 1. The van der Waals surface area contributed by atoms with Crippen LogP contribution in [0, 0.1) is 43.4 Å². The fourth-order valence-corrected chi connectivity index (χ4v) is 6.52. The molecule has 1 aromatic heterocycles. The predicted molar refractivity (Wildman–Crippen MR) is 139 cm³/mol. The number of hydrogen-bond donors (Lipinski definition) is 3. The Morgan fingerprint density at radius 3 is 2.14 bits per heavy atom. The predicted octanol–water partition coefficient (Wildman–Crippen LogP) is 3.62. The maximum absolute atomic E-state index is 13.6. The van der Waals surface area contributed by atoms with Crippen molar-refractivity contribution in [3.8, 4) is 0 Å². The van der Waals surface area contributed by atoms with Gasteiger partial charge in [0, 0.05) is 41.2 Å². The highest BCUT2D eigenvalue weighted by molar-refractivity contribution is 5.85. The number of ether oxygens (including phenoxy) is 2. The third-order valence-corrected chi connectivity index (χ3v) is 9.51. The van der Waals surface area contributed by atoms with Crippen molar-refractivity contribution in [2.45, 2.75) is 118 Å². The maximum Gasteiger partial charge on any atom is 0.191 e. The van der Waals surface area contributed by atoms with Crippen molar-refractivity contribution < 1.29 is 34.0 Å². The molecule has 0 unspecified atom stereocenters. The van der Waals surface area contributed by atoms with E-state index < -0.39 is 59.5 Å². The zero-order valence-corrected chi connectivity index (χ0v) is 24.0. The van der Waals surface area contributed by atoms with Gasteiger partial charge in [-0.3, -0.25) is 9.59 Å². The van der Waals surface area contributed by atoms with E-state index in [1.165, 1.54) is 0 Å². The standard InChI is InChI=1S/C29H46O8/c1-11-21(30)13(3)26-16(6)24(32)18(8)29(36-26)19(9)25(33)17(7)28(34,37-29)20(10)27-15(5)23(31)14(4)22(12-2)35-27/h13,16-21,25-26,30,33-34H,11-12H2,1-10H3/t13-,16-,17-,18-,19+,20-,21-,25+,26+,28-,29-/m1/s1. The van der Waals surface area contributed by atoms with Crippen LogP contribution in [0.15, 0.2) is 9.21 Å². The molecule has 1 spiro atoms. The summed E-state index contributed by atoms with van der Waals surface area (Å²) in [4.78, 5) is 26.5. The van der Waals surface area contributed by atoms with E-state index in [0.717, 1.165) is 0 Å². The summed E-state index contributed by atoms with van der Waals surface area (Å²) in [5.74, 6) is -6.93. The van der Waals surface area contributed by atoms with Crippen molar-refractivity contribution in [1.29, 1.82) is 0 Å². The highest BCUT2D eigenvalue weighted by atomic mass is 16.8. The topological polar surface area (TPSA) is 126 Å². The average molecular weight is 523 g/mol. The molecule has 3 rings (SSSR count). The molecule has 2 aliphatic rings. The number of hydrogen-bond acceptors (Lipinski definition) is 8. The van der Waals surface area contributed by atoms with Crippen LogP contribution in [0.4, 0.5) is 0 Å². The van der Waals surface area contributed by atoms with Gasteiger partial charge in [0.1, 0.15) is 17.3 Å². The Labute approximate surface area is 220 Å². The molecule has 0 radical (unpaired) electrons. The number of aliphatic hydroxyl groups excluding tert-OH is 2. The van der Waals surface area contributed by atoms with Gasteiger partial charge in [-0.25, -0.2) is 0 Å². The number of aryl methyl sites for hydroxylation is 1. The van der Waals surface area contributed by atoms with Gasteiger partial charge < -0.3 is 29.2 Å². The van der Waals surface area contributed by atoms with Crippen molar-refractivity contribution in [3.05, 3.63) is 32.9 Å². The number of carbonyl (C=O) groups is 1. The van der Waals surface area contributed by atoms with Gasteiger partial charge in [-0.15, -0.1) is 0 Å². The molecule has 3 heterocycles. The Hall–Kier alpha value is -1.58. The number of rotatable bonds is 6. The molecule has 210 valence electrons. The van der Waals surface area contributed by atoms with Crippen LogP contribution in [0.3, 0.4) is 0 Å². The van der Waals surface area contributed by atoms with Gasteiger partial charge in [0.05, 0.1) is 30.1 Å². The van der Waals surface area contributed by atoms with Crippen molar-refractivity contribution in [2.75, 3.05) is 0 Å². The van der Waals surface area contributed by atoms with E-state index >= 15 is 0 Å². The molecule has 37 heavy (non-hydrogen) atoms. The third-order valence-electron chi connectivity index (χ3n) is 9.51. The Kier molecular flexibility index (Phi) is 8.53. The minimum absolute atomic E-state index is 0.110. The molecule has 0 saturated carbocycles. The van der Waals surface area contributed by atoms with Crippen molar-refractivity contribution >= 4 is 5.78 Å². The van der Waals surface area contributed by atoms with E-state index in [1.807, 2.05) is 20.8 Å². The number of ketones is 1. The average Bonchev–Trinajstić information content (AvgIpc) is 2.88. The monoisotopic (exact) mass is 522 g/mol. The first-order valence-electron chi connectivity index (χ1n) is 13.7. The van der Waals surface area contributed by atoms with Gasteiger partial charge in [-0.2, -0.15) is 0 Å². The normalized spacial score (nSPS) is 39.0. The second-order valence-electron chi connectivity index (χ2n) is 11.5. The lowest BCUT2D eigenvalue weighted by Crippen LogP contribution is -2.72. The zero-order valence-electron chi connectivity index (χ0n) is 24.0. The quantitative estimate of drug-likeness (QED) is 0.517. The van der Waals surface area contributed by atoms with Crippen molar-refractivity contribution in [1.82, 2.24) is 0 Å². The molecule has 0 aromatic carbocycles. The summed E-state index contributed by atoms with van der Waals surface area (Å²) in [6.45, 7) is 17.6. The summed E-state index contributed by atoms with van der Waals surface area (Å²) < 4.78 is 19.3. The zero-order chi connectivity index (χ0) is 28.2. The molecule has 1 aromatic rings. The largest absolute Gasteiger partial charge is 0.465 e. The van der Waals surface area contributed by atoms with Gasteiger partial charge in [-0.1, -0.05) is 55.4 Å². The molecule has 2 aliphatic heterocycles. The van der Waals surface area contributed by atoms with Crippen molar-refractivity contribution in [3.63, 3.8) is 0 Å². The van der Waals surface area contributed by atoms with E-state index in [9.17, 15) is 24.9 Å². The lowest BCUT2D eigenvalue weighted by atomic mass is 9.67. The van der Waals surface area contributed by atoms with Gasteiger partial charge >= 0.3 is 0 Å². The molecule has 0 amide bonds. The van der Waals surface area contributed by atoms with Crippen LogP contribution in [0.1, 0.15) is 90.4 Å². The van der Waals surface area contributed by atoms with E-state index in [-0.39, 0.29) is 22.9 Å². The summed E-state index contributed by atoms with van der Waals surface area (Å²) >= 11 is 0. The Morgan fingerprint density at radius 1 is 1.00 bits per heavy atom. The molecule has 0 aliphatic carbocycles. The number of Topliss-reactive ketones (excluding diaryl/α,β-unsaturated/α-hetero) is 1. The first-order chi connectivity index (χ1) is 17.1. The summed E-state index contributed by atoms with van der Waals surface area (Å²) in [7, 11) is 0. The van der Waals surface area contributed by atoms with Crippen molar-refractivity contribution in [2.24, 2.45) is 29.6 Å². The van der Waals surface area contributed by atoms with E-state index in [0.29, 0.717) is 29.7 Å². The first kappa shape index (κ1) is 30.0. The van der Waals surface area contributed by atoms with Gasteiger partial charge in [0.15, 0.2) is 17.0 Å². The second-order valence-corrected chi connectivity index (χ2v) is 11.5. The fourth-order valence-electron chi connectivity index (χ4n) is 6.52. The highest BCUT2D eigenvalue weighted by Crippen LogP contribution is 2.54. The molecule has 2 saturated heterocycles. The van der Waals surface area contributed by atoms with E-state index in [1.54, 1.807) is 48.5 Å². The summed E-state index contributed by atoms with van der Waals surface area (Å²) in [6.07, 6.45) is -1.45. The molecule has 2 fully saturated rings. The maximum atomic E-state index is 13.6. The smallest absolute Gasteiger partial charge is 0.191 e. The minimum atomic E-state index is -2.01. The Morgan fingerprint density at radius 2 is 1.59 bits per heavy atom. The highest BCUT2D eigenvalue weighted by Gasteiger charge is 2.66. The molecule has 0 bridgehead atoms. The molecule has 3 N–H and O–H groups in total. The van der Waals surface area contributed by atoms with Crippen LogP contribution >= 0.6 is 0 Å². The molecule has 8 heteroatoms. The molecule has 11 atom stereocenters. The Bertz CT molecular complexity index is 1060. The van der Waals surface area contributed by atoms with Crippen LogP contribution in [-0.2, 0) is 20.7 Å². The SMILES string of the molecule is CCc1oc([C@@H](C)[C@]2(O)O[C@@]3(O[C@@H]([C@H](C)[C@H](O)CC)[C@H](C)C(=O)[C@H]3C)[C@@H](C)[C@@H](O)[C@H]2C)c(C)c(=O)c1C. The van der Waals surface area contributed by atoms with Crippen LogP contribution in [-0.4, -0.2) is 51.0 Å². The first-order valence-corrected chi connectivity index (χ1v) is 13.7. The third kappa shape index (κ3) is 4.52. The number of aliphatic hydroxyl groups is 3. The Balaban J connectivity index is 2.16. The molecule has 8 nitrogen and oxygen atoms in total. The summed E-state index contributed by atoms with van der Waals surface area (Å²) in [5, 5.41) is 34.2. The van der Waals surface area contributed by atoms with Crippen LogP contribution in [0.25, 0.3) is 0 Å². The van der Waals surface area contributed by atoms with Crippen LogP contribution < -0.4 is 5.43 Å². The lowest BCUT2D eigenvalue weighted by Gasteiger charge is -2.60. The fraction of sp³-hybridized carbons (Fsp3) is 0.793. The van der Waals surface area contributed by atoms with Gasteiger partial charge in [-0.05, 0) is 20.3 Å². The lowest BCUT2D eigenvalue weighted by molar-refractivity contribution is -0.450. The van der Waals surface area contributed by atoms with Gasteiger partial charge in [0.25, 0.3) is 0 Å². The second kappa shape index (κ2) is 10.5.